The lowest BCUT2D eigenvalue weighted by atomic mass is 10.2. The Labute approximate surface area is 92.5 Å². The van der Waals surface area contributed by atoms with Crippen molar-refractivity contribution >= 4 is 17.2 Å². The van der Waals surface area contributed by atoms with Crippen molar-refractivity contribution in [1.29, 1.82) is 5.26 Å². The van der Waals surface area contributed by atoms with Gasteiger partial charge >= 0.3 is 0 Å². The first kappa shape index (κ1) is 11.5. The van der Waals surface area contributed by atoms with Gasteiger partial charge in [-0.05, 0) is 17.9 Å². The van der Waals surface area contributed by atoms with Crippen molar-refractivity contribution in [3.8, 4) is 11.8 Å². The van der Waals surface area contributed by atoms with Gasteiger partial charge in [-0.15, -0.1) is 11.3 Å². The molecule has 4 nitrogen and oxygen atoms in total. The minimum absolute atomic E-state index is 0.254. The van der Waals surface area contributed by atoms with E-state index < -0.39 is 6.04 Å². The Bertz CT molecular complexity index is 381. The van der Waals surface area contributed by atoms with E-state index in [4.69, 9.17) is 10.00 Å². The van der Waals surface area contributed by atoms with Crippen molar-refractivity contribution < 1.29 is 9.53 Å². The van der Waals surface area contributed by atoms with Gasteiger partial charge in [0, 0.05) is 0 Å². The first-order chi connectivity index (χ1) is 7.22. The van der Waals surface area contributed by atoms with E-state index in [0.29, 0.717) is 17.0 Å². The second-order valence-electron chi connectivity index (χ2n) is 2.88. The molecule has 0 aliphatic heterocycles. The first-order valence-corrected chi connectivity index (χ1v) is 5.42. The SMILES string of the molecule is CCC(C#N)NC(=O)c1sccc1OC. The van der Waals surface area contributed by atoms with E-state index in [-0.39, 0.29) is 5.91 Å². The Morgan fingerprint density at radius 1 is 1.80 bits per heavy atom. The average Bonchev–Trinajstić information content (AvgIpc) is 2.73. The van der Waals surface area contributed by atoms with E-state index in [2.05, 4.69) is 5.32 Å². The highest BCUT2D eigenvalue weighted by Crippen LogP contribution is 2.24. The molecule has 0 radical (unpaired) electrons. The van der Waals surface area contributed by atoms with Gasteiger partial charge < -0.3 is 10.1 Å². The molecular weight excluding hydrogens is 212 g/mol. The predicted molar refractivity (Wildman–Crippen MR) is 58.0 cm³/mol. The molecule has 1 unspecified atom stereocenters. The molecular formula is C10H12N2O2S. The molecule has 1 heterocycles. The van der Waals surface area contributed by atoms with Gasteiger partial charge in [0.1, 0.15) is 16.7 Å². The van der Waals surface area contributed by atoms with Crippen molar-refractivity contribution in [2.45, 2.75) is 19.4 Å². The van der Waals surface area contributed by atoms with Crippen LogP contribution < -0.4 is 10.1 Å². The molecule has 15 heavy (non-hydrogen) atoms. The van der Waals surface area contributed by atoms with Gasteiger partial charge in [0.05, 0.1) is 13.2 Å². The van der Waals surface area contributed by atoms with E-state index >= 15 is 0 Å². The highest BCUT2D eigenvalue weighted by molar-refractivity contribution is 7.12. The third kappa shape index (κ3) is 2.70. The largest absolute Gasteiger partial charge is 0.495 e. The molecule has 0 aliphatic carbocycles. The van der Waals surface area contributed by atoms with Crippen LogP contribution in [0.3, 0.4) is 0 Å². The number of ether oxygens (including phenoxy) is 1. The van der Waals surface area contributed by atoms with Crippen LogP contribution >= 0.6 is 11.3 Å². The van der Waals surface area contributed by atoms with E-state index in [9.17, 15) is 4.79 Å². The minimum atomic E-state index is -0.440. The molecule has 1 rings (SSSR count). The summed E-state index contributed by atoms with van der Waals surface area (Å²) in [4.78, 5) is 12.2. The van der Waals surface area contributed by atoms with Crippen LogP contribution in [0.15, 0.2) is 11.4 Å². The van der Waals surface area contributed by atoms with Gasteiger partial charge in [-0.3, -0.25) is 4.79 Å². The summed E-state index contributed by atoms with van der Waals surface area (Å²) in [6, 6.07) is 3.30. The Hall–Kier alpha value is -1.54. The molecule has 1 amide bonds. The summed E-state index contributed by atoms with van der Waals surface area (Å²) < 4.78 is 5.02. The average molecular weight is 224 g/mol. The third-order valence-electron chi connectivity index (χ3n) is 1.92. The number of methoxy groups -OCH3 is 1. The molecule has 80 valence electrons. The molecule has 1 atom stereocenters. The van der Waals surface area contributed by atoms with Gasteiger partial charge in [-0.2, -0.15) is 5.26 Å². The molecule has 5 heteroatoms. The monoisotopic (exact) mass is 224 g/mol. The van der Waals surface area contributed by atoms with Crippen LogP contribution in [-0.2, 0) is 0 Å². The standard InChI is InChI=1S/C10H12N2O2S/c1-3-7(6-11)12-10(13)9-8(14-2)4-5-15-9/h4-5,7H,3H2,1-2H3,(H,12,13). The van der Waals surface area contributed by atoms with Crippen molar-refractivity contribution in [3.63, 3.8) is 0 Å². The van der Waals surface area contributed by atoms with E-state index in [1.165, 1.54) is 18.4 Å². The van der Waals surface area contributed by atoms with Crippen molar-refractivity contribution in [2.75, 3.05) is 7.11 Å². The summed E-state index contributed by atoms with van der Waals surface area (Å²) in [5.41, 5.74) is 0. The maximum Gasteiger partial charge on any atom is 0.266 e. The molecule has 0 fully saturated rings. The van der Waals surface area contributed by atoms with Crippen molar-refractivity contribution in [1.82, 2.24) is 5.32 Å². The smallest absolute Gasteiger partial charge is 0.266 e. The summed E-state index contributed by atoms with van der Waals surface area (Å²) in [6.45, 7) is 1.85. The Morgan fingerprint density at radius 2 is 2.53 bits per heavy atom. The van der Waals surface area contributed by atoms with E-state index in [0.717, 1.165) is 0 Å². The fourth-order valence-electron chi connectivity index (χ4n) is 1.07. The van der Waals surface area contributed by atoms with Crippen LogP contribution in [0.25, 0.3) is 0 Å². The number of carbonyl (C=O) groups is 1. The predicted octanol–water partition coefficient (Wildman–Crippen LogP) is 1.79. The highest BCUT2D eigenvalue weighted by atomic mass is 32.1. The second-order valence-corrected chi connectivity index (χ2v) is 3.80. The number of nitrogens with one attached hydrogen (secondary N) is 1. The normalized spacial score (nSPS) is 11.5. The summed E-state index contributed by atoms with van der Waals surface area (Å²) >= 11 is 1.30. The topological polar surface area (TPSA) is 62.1 Å². The Balaban J connectivity index is 2.73. The highest BCUT2D eigenvalue weighted by Gasteiger charge is 2.16. The summed E-state index contributed by atoms with van der Waals surface area (Å²) in [5, 5.41) is 13.1. The molecule has 1 aromatic rings. The van der Waals surface area contributed by atoms with Crippen LogP contribution in [0.1, 0.15) is 23.0 Å². The van der Waals surface area contributed by atoms with Gasteiger partial charge in [0.25, 0.3) is 5.91 Å². The quantitative estimate of drug-likeness (QED) is 0.848. The lowest BCUT2D eigenvalue weighted by molar-refractivity contribution is 0.0946. The van der Waals surface area contributed by atoms with E-state index in [1.807, 2.05) is 13.0 Å². The van der Waals surface area contributed by atoms with Gasteiger partial charge in [-0.25, -0.2) is 0 Å². The third-order valence-corrected chi connectivity index (χ3v) is 2.82. The maximum absolute atomic E-state index is 11.7. The van der Waals surface area contributed by atoms with Gasteiger partial charge in [-0.1, -0.05) is 6.92 Å². The molecule has 1 N–H and O–H groups in total. The number of thiophene rings is 1. The van der Waals surface area contributed by atoms with Gasteiger partial charge in [0.15, 0.2) is 0 Å². The summed E-state index contributed by atoms with van der Waals surface area (Å²) in [5.74, 6) is 0.292. The van der Waals surface area contributed by atoms with Crippen molar-refractivity contribution in [2.24, 2.45) is 0 Å². The van der Waals surface area contributed by atoms with Crippen LogP contribution in [-0.4, -0.2) is 19.1 Å². The lowest BCUT2D eigenvalue weighted by Gasteiger charge is -2.08. The first-order valence-electron chi connectivity index (χ1n) is 4.54. The molecule has 0 saturated heterocycles. The zero-order valence-electron chi connectivity index (χ0n) is 8.61. The molecule has 0 saturated carbocycles. The number of rotatable bonds is 4. The molecule has 1 aromatic heterocycles. The number of amides is 1. The second kappa shape index (κ2) is 5.37. The number of carbonyl (C=O) groups excluding carboxylic acids is 1. The Morgan fingerprint density at radius 3 is 3.07 bits per heavy atom. The maximum atomic E-state index is 11.7. The zero-order chi connectivity index (χ0) is 11.3. The Kier molecular flexibility index (Phi) is 4.13. The molecule has 0 aromatic carbocycles. The summed E-state index contributed by atoms with van der Waals surface area (Å²) in [6.07, 6.45) is 0.593. The molecule has 0 aliphatic rings. The zero-order valence-corrected chi connectivity index (χ0v) is 9.43. The number of nitrogens with zero attached hydrogens (tertiary/aromatic N) is 1. The number of hydrogen-bond donors (Lipinski definition) is 1. The van der Waals surface area contributed by atoms with Crippen LogP contribution in [0.4, 0.5) is 0 Å². The van der Waals surface area contributed by atoms with Gasteiger partial charge in [0.2, 0.25) is 0 Å². The van der Waals surface area contributed by atoms with E-state index in [1.54, 1.807) is 11.4 Å². The lowest BCUT2D eigenvalue weighted by Crippen LogP contribution is -2.32. The van der Waals surface area contributed by atoms with Crippen LogP contribution in [0, 0.1) is 11.3 Å². The fraction of sp³-hybridized carbons (Fsp3) is 0.400. The summed E-state index contributed by atoms with van der Waals surface area (Å²) in [7, 11) is 1.51. The van der Waals surface area contributed by atoms with Crippen molar-refractivity contribution in [3.05, 3.63) is 16.3 Å². The number of hydrogen-bond acceptors (Lipinski definition) is 4. The molecule has 0 bridgehead atoms. The fourth-order valence-corrected chi connectivity index (χ4v) is 1.83. The van der Waals surface area contributed by atoms with Crippen LogP contribution in [0.2, 0.25) is 0 Å². The minimum Gasteiger partial charge on any atom is -0.495 e. The number of nitriles is 1. The van der Waals surface area contributed by atoms with Crippen LogP contribution in [0.5, 0.6) is 5.75 Å². The molecule has 0 spiro atoms.